The number of pyridine rings is 1. The lowest BCUT2D eigenvalue weighted by molar-refractivity contribution is -0.605. The average molecular weight is 238 g/mol. The van der Waals surface area contributed by atoms with E-state index in [2.05, 4.69) is 4.90 Å². The second-order valence-corrected chi connectivity index (χ2v) is 4.43. The van der Waals surface area contributed by atoms with Crippen LogP contribution >= 0.6 is 0 Å². The van der Waals surface area contributed by atoms with Crippen LogP contribution in [-0.4, -0.2) is 42.4 Å². The van der Waals surface area contributed by atoms with Crippen molar-refractivity contribution in [1.29, 1.82) is 0 Å². The molecule has 1 aromatic rings. The highest BCUT2D eigenvalue weighted by atomic mass is 16.5. The minimum absolute atomic E-state index is 0.147. The molecule has 0 saturated carbocycles. The van der Waals surface area contributed by atoms with Crippen molar-refractivity contribution in [3.63, 3.8) is 0 Å². The molecule has 5 heteroatoms. The molecule has 2 rings (SSSR count). The molecule has 0 spiro atoms. The van der Waals surface area contributed by atoms with Crippen molar-refractivity contribution < 1.29 is 14.6 Å². The Labute approximate surface area is 101 Å². The molecule has 5 nitrogen and oxygen atoms in total. The molecular weight excluding hydrogens is 220 g/mol. The Balaban J connectivity index is 2.00. The highest BCUT2D eigenvalue weighted by Crippen LogP contribution is 2.21. The van der Waals surface area contributed by atoms with Crippen LogP contribution < -0.4 is 4.73 Å². The van der Waals surface area contributed by atoms with E-state index in [-0.39, 0.29) is 18.8 Å². The van der Waals surface area contributed by atoms with Gasteiger partial charge in [-0.05, 0) is 12.0 Å². The third kappa shape index (κ3) is 2.94. The predicted octanol–water partition coefficient (Wildman–Crippen LogP) is -0.0984. The first kappa shape index (κ1) is 12.3. The van der Waals surface area contributed by atoms with Gasteiger partial charge in [0.15, 0.2) is 12.4 Å². The molecule has 1 aliphatic heterocycles. The number of hydrogen-bond acceptors (Lipinski definition) is 4. The van der Waals surface area contributed by atoms with Gasteiger partial charge in [-0.2, -0.15) is 4.73 Å². The molecule has 0 bridgehead atoms. The zero-order chi connectivity index (χ0) is 12.3. The Kier molecular flexibility index (Phi) is 3.93. The molecule has 2 atom stereocenters. The number of ether oxygens (including phenoxy) is 1. The van der Waals surface area contributed by atoms with Gasteiger partial charge in [-0.3, -0.25) is 4.90 Å². The normalized spacial score (nSPS) is 25.3. The SMILES string of the molecule is CO[C@@H]1C[C@H](CO)N(Cc2cc[n+]([O-])cc2)C1. The van der Waals surface area contributed by atoms with Crippen LogP contribution in [0.25, 0.3) is 0 Å². The Bertz CT molecular complexity index is 355. The first-order chi connectivity index (χ1) is 8.22. The van der Waals surface area contributed by atoms with Crippen LogP contribution in [-0.2, 0) is 11.3 Å². The standard InChI is InChI=1S/C12H18N2O3/c1-17-12-6-11(9-15)13(8-12)7-10-2-4-14(16)5-3-10/h2-5,11-12,15H,6-9H2,1H3/t11-,12-/m1/s1. The van der Waals surface area contributed by atoms with Gasteiger partial charge in [0.25, 0.3) is 0 Å². The van der Waals surface area contributed by atoms with Crippen molar-refractivity contribution in [3.8, 4) is 0 Å². The monoisotopic (exact) mass is 238 g/mol. The van der Waals surface area contributed by atoms with Crippen LogP contribution in [0.2, 0.25) is 0 Å². The van der Waals surface area contributed by atoms with Crippen LogP contribution in [0, 0.1) is 5.21 Å². The third-order valence-electron chi connectivity index (χ3n) is 3.29. The number of hydrogen-bond donors (Lipinski definition) is 1. The van der Waals surface area contributed by atoms with Gasteiger partial charge < -0.3 is 15.1 Å². The topological polar surface area (TPSA) is 59.6 Å². The Morgan fingerprint density at radius 3 is 2.82 bits per heavy atom. The molecule has 0 aliphatic carbocycles. The highest BCUT2D eigenvalue weighted by molar-refractivity contribution is 5.08. The molecule has 0 amide bonds. The molecule has 17 heavy (non-hydrogen) atoms. The number of rotatable bonds is 4. The zero-order valence-corrected chi connectivity index (χ0v) is 9.95. The number of methoxy groups -OCH3 is 1. The number of aliphatic hydroxyl groups is 1. The molecule has 1 fully saturated rings. The first-order valence-corrected chi connectivity index (χ1v) is 5.78. The maximum atomic E-state index is 10.9. The summed E-state index contributed by atoms with van der Waals surface area (Å²) in [6.45, 7) is 1.72. The van der Waals surface area contributed by atoms with E-state index in [1.807, 2.05) is 12.1 Å². The molecule has 1 N–H and O–H groups in total. The summed E-state index contributed by atoms with van der Waals surface area (Å²) in [6, 6.07) is 3.77. The van der Waals surface area contributed by atoms with Gasteiger partial charge in [-0.25, -0.2) is 0 Å². The molecular formula is C12H18N2O3. The van der Waals surface area contributed by atoms with E-state index in [0.29, 0.717) is 0 Å². The van der Waals surface area contributed by atoms with Gasteiger partial charge in [0.1, 0.15) is 0 Å². The van der Waals surface area contributed by atoms with Gasteiger partial charge in [0.2, 0.25) is 0 Å². The van der Waals surface area contributed by atoms with Crippen LogP contribution in [0.5, 0.6) is 0 Å². The van der Waals surface area contributed by atoms with Gasteiger partial charge in [-0.1, -0.05) is 0 Å². The third-order valence-corrected chi connectivity index (χ3v) is 3.29. The van der Waals surface area contributed by atoms with Crippen LogP contribution in [0.3, 0.4) is 0 Å². The van der Waals surface area contributed by atoms with Gasteiger partial charge >= 0.3 is 0 Å². The summed E-state index contributed by atoms with van der Waals surface area (Å²) in [6.07, 6.45) is 4.04. The van der Waals surface area contributed by atoms with E-state index >= 15 is 0 Å². The lowest BCUT2D eigenvalue weighted by Gasteiger charge is -2.21. The van der Waals surface area contributed by atoms with E-state index in [9.17, 15) is 10.3 Å². The van der Waals surface area contributed by atoms with Crippen molar-refractivity contribution in [2.75, 3.05) is 20.3 Å². The summed E-state index contributed by atoms with van der Waals surface area (Å²) >= 11 is 0. The van der Waals surface area contributed by atoms with Crippen molar-refractivity contribution in [2.45, 2.75) is 25.1 Å². The second kappa shape index (κ2) is 5.44. The second-order valence-electron chi connectivity index (χ2n) is 4.43. The van der Waals surface area contributed by atoms with Crippen molar-refractivity contribution in [3.05, 3.63) is 35.3 Å². The summed E-state index contributed by atoms with van der Waals surface area (Å²) in [5.41, 5.74) is 1.08. The van der Waals surface area contributed by atoms with Gasteiger partial charge in [-0.15, -0.1) is 0 Å². The molecule has 94 valence electrons. The summed E-state index contributed by atoms with van der Waals surface area (Å²) in [5.74, 6) is 0. The summed E-state index contributed by atoms with van der Waals surface area (Å²) in [5, 5.41) is 20.2. The minimum atomic E-state index is 0.147. The molecule has 0 unspecified atom stereocenters. The molecule has 1 aliphatic rings. The number of likely N-dealkylation sites (tertiary alicyclic amines) is 1. The van der Waals surface area contributed by atoms with E-state index in [1.54, 1.807) is 7.11 Å². The Morgan fingerprint density at radius 2 is 2.24 bits per heavy atom. The van der Waals surface area contributed by atoms with E-state index in [1.165, 1.54) is 12.4 Å². The van der Waals surface area contributed by atoms with Crippen LogP contribution in [0.1, 0.15) is 12.0 Å². The van der Waals surface area contributed by atoms with E-state index in [4.69, 9.17) is 4.74 Å². The first-order valence-electron chi connectivity index (χ1n) is 5.78. The van der Waals surface area contributed by atoms with E-state index < -0.39 is 0 Å². The number of aliphatic hydroxyl groups excluding tert-OH is 1. The maximum absolute atomic E-state index is 10.9. The lowest BCUT2D eigenvalue weighted by Crippen LogP contribution is -2.32. The summed E-state index contributed by atoms with van der Waals surface area (Å²) < 4.78 is 6.10. The van der Waals surface area contributed by atoms with Crippen molar-refractivity contribution in [1.82, 2.24) is 4.90 Å². The smallest absolute Gasteiger partial charge is 0.180 e. The van der Waals surface area contributed by atoms with Gasteiger partial charge in [0, 0.05) is 38.4 Å². The van der Waals surface area contributed by atoms with Crippen molar-refractivity contribution in [2.24, 2.45) is 0 Å². The Morgan fingerprint density at radius 1 is 1.53 bits per heavy atom. The molecule has 1 aromatic heterocycles. The van der Waals surface area contributed by atoms with E-state index in [0.717, 1.165) is 29.8 Å². The average Bonchev–Trinajstić information content (AvgIpc) is 2.74. The fourth-order valence-electron chi connectivity index (χ4n) is 2.28. The lowest BCUT2D eigenvalue weighted by atomic mass is 10.2. The van der Waals surface area contributed by atoms with Crippen LogP contribution in [0.4, 0.5) is 0 Å². The number of aromatic nitrogens is 1. The summed E-state index contributed by atoms with van der Waals surface area (Å²) in [7, 11) is 1.70. The molecule has 1 saturated heterocycles. The fraction of sp³-hybridized carbons (Fsp3) is 0.583. The minimum Gasteiger partial charge on any atom is -0.619 e. The molecule has 0 aromatic carbocycles. The van der Waals surface area contributed by atoms with Crippen molar-refractivity contribution >= 4 is 0 Å². The quantitative estimate of drug-likeness (QED) is 0.588. The predicted molar refractivity (Wildman–Crippen MR) is 62.1 cm³/mol. The highest BCUT2D eigenvalue weighted by Gasteiger charge is 2.31. The van der Waals surface area contributed by atoms with Gasteiger partial charge in [0.05, 0.1) is 12.7 Å². The molecule has 0 radical (unpaired) electrons. The number of nitrogens with zero attached hydrogens (tertiary/aromatic N) is 2. The van der Waals surface area contributed by atoms with Crippen LogP contribution in [0.15, 0.2) is 24.5 Å². The fourth-order valence-corrected chi connectivity index (χ4v) is 2.28. The Hall–Kier alpha value is -1.17. The molecule has 2 heterocycles. The summed E-state index contributed by atoms with van der Waals surface area (Å²) in [4.78, 5) is 2.19. The maximum Gasteiger partial charge on any atom is 0.180 e. The zero-order valence-electron chi connectivity index (χ0n) is 9.95. The largest absolute Gasteiger partial charge is 0.619 e.